The molecule has 0 saturated carbocycles. The van der Waals surface area contributed by atoms with E-state index in [1.54, 1.807) is 0 Å². The van der Waals surface area contributed by atoms with E-state index in [0.29, 0.717) is 12.2 Å². The Morgan fingerprint density at radius 3 is 2.57 bits per heavy atom. The first-order valence-corrected chi connectivity index (χ1v) is 7.38. The lowest BCUT2D eigenvalue weighted by atomic mass is 9.94. The van der Waals surface area contributed by atoms with Crippen LogP contribution in [0.5, 0.6) is 0 Å². The molecule has 0 fully saturated rings. The van der Waals surface area contributed by atoms with E-state index in [0.717, 1.165) is 16.8 Å². The maximum Gasteiger partial charge on any atom is 0.235 e. The summed E-state index contributed by atoms with van der Waals surface area (Å²) in [5.41, 5.74) is 2.97. The third-order valence-electron chi connectivity index (χ3n) is 3.72. The van der Waals surface area contributed by atoms with Crippen LogP contribution >= 0.6 is 0 Å². The fraction of sp³-hybridized carbons (Fsp3) is 0.176. The number of benzene rings is 2. The number of hydrogen-bond acceptors (Lipinski definition) is 4. The van der Waals surface area contributed by atoms with E-state index >= 15 is 0 Å². The van der Waals surface area contributed by atoms with Gasteiger partial charge in [-0.1, -0.05) is 47.7 Å². The molecular formula is C17H17N5O. The number of rotatable bonds is 5. The van der Waals surface area contributed by atoms with E-state index in [-0.39, 0.29) is 5.91 Å². The molecule has 1 unspecified atom stereocenters. The van der Waals surface area contributed by atoms with Gasteiger partial charge in [-0.15, -0.1) is 10.2 Å². The van der Waals surface area contributed by atoms with Gasteiger partial charge in [-0.3, -0.25) is 4.79 Å². The summed E-state index contributed by atoms with van der Waals surface area (Å²) < 4.78 is 0. The molecular weight excluding hydrogens is 290 g/mol. The summed E-state index contributed by atoms with van der Waals surface area (Å²) in [5, 5.41) is 16.9. The lowest BCUT2D eigenvalue weighted by molar-refractivity contribution is -0.117. The summed E-state index contributed by atoms with van der Waals surface area (Å²) in [6.45, 7) is 2.03. The molecule has 23 heavy (non-hydrogen) atoms. The second-order valence-electron chi connectivity index (χ2n) is 5.31. The second-order valence-corrected chi connectivity index (χ2v) is 5.31. The Morgan fingerprint density at radius 2 is 1.87 bits per heavy atom. The molecule has 1 amide bonds. The molecule has 2 aromatic carbocycles. The van der Waals surface area contributed by atoms with E-state index in [2.05, 4.69) is 25.9 Å². The molecule has 0 saturated heterocycles. The van der Waals surface area contributed by atoms with Crippen molar-refractivity contribution in [2.24, 2.45) is 0 Å². The molecule has 0 spiro atoms. The van der Waals surface area contributed by atoms with Crippen LogP contribution in [0.3, 0.4) is 0 Å². The first-order valence-electron chi connectivity index (χ1n) is 7.38. The second kappa shape index (κ2) is 6.83. The van der Waals surface area contributed by atoms with Gasteiger partial charge in [0.1, 0.15) is 5.92 Å². The lowest BCUT2D eigenvalue weighted by Crippen LogP contribution is -2.24. The van der Waals surface area contributed by atoms with Crippen LogP contribution in [0.4, 0.5) is 5.69 Å². The SMILES string of the molecule is Cc1ccccc1CC(C(=O)Nc1ccccc1)c1nn[nH]n1. The Hall–Kier alpha value is -3.02. The number of H-pyrrole nitrogens is 1. The Bertz CT molecular complexity index is 771. The summed E-state index contributed by atoms with van der Waals surface area (Å²) in [7, 11) is 0. The number of amides is 1. The van der Waals surface area contributed by atoms with Crippen molar-refractivity contribution in [2.45, 2.75) is 19.3 Å². The highest BCUT2D eigenvalue weighted by Gasteiger charge is 2.25. The van der Waals surface area contributed by atoms with E-state index < -0.39 is 5.92 Å². The van der Waals surface area contributed by atoms with Crippen molar-refractivity contribution in [3.05, 3.63) is 71.5 Å². The maximum atomic E-state index is 12.7. The maximum absolute atomic E-state index is 12.7. The summed E-state index contributed by atoms with van der Waals surface area (Å²) in [6.07, 6.45) is 0.519. The average molecular weight is 307 g/mol. The van der Waals surface area contributed by atoms with Crippen LogP contribution < -0.4 is 5.32 Å². The Kier molecular flexibility index (Phi) is 4.42. The minimum atomic E-state index is -0.505. The summed E-state index contributed by atoms with van der Waals surface area (Å²) in [5.74, 6) is -0.266. The van der Waals surface area contributed by atoms with Gasteiger partial charge in [0.25, 0.3) is 0 Å². The number of aromatic amines is 1. The number of aryl methyl sites for hydroxylation is 1. The van der Waals surface area contributed by atoms with Gasteiger partial charge in [-0.2, -0.15) is 5.21 Å². The molecule has 6 nitrogen and oxygen atoms in total. The Morgan fingerprint density at radius 1 is 1.13 bits per heavy atom. The number of carbonyl (C=O) groups is 1. The molecule has 0 aliphatic rings. The van der Waals surface area contributed by atoms with Gasteiger partial charge in [0.2, 0.25) is 5.91 Å². The fourth-order valence-electron chi connectivity index (χ4n) is 2.43. The minimum Gasteiger partial charge on any atom is -0.325 e. The van der Waals surface area contributed by atoms with Crippen molar-refractivity contribution in [2.75, 3.05) is 5.32 Å². The molecule has 3 rings (SSSR count). The Labute approximate surface area is 133 Å². The predicted octanol–water partition coefficient (Wildman–Crippen LogP) is 2.47. The Balaban J connectivity index is 1.84. The van der Waals surface area contributed by atoms with Crippen molar-refractivity contribution in [3.8, 4) is 0 Å². The predicted molar refractivity (Wildman–Crippen MR) is 86.9 cm³/mol. The van der Waals surface area contributed by atoms with Gasteiger partial charge in [0.05, 0.1) is 0 Å². The van der Waals surface area contributed by atoms with Crippen molar-refractivity contribution < 1.29 is 4.79 Å². The van der Waals surface area contributed by atoms with Crippen LogP contribution in [0.25, 0.3) is 0 Å². The number of para-hydroxylation sites is 1. The largest absolute Gasteiger partial charge is 0.325 e. The van der Waals surface area contributed by atoms with Crippen molar-refractivity contribution in [3.63, 3.8) is 0 Å². The highest BCUT2D eigenvalue weighted by molar-refractivity contribution is 5.95. The van der Waals surface area contributed by atoms with Crippen LogP contribution in [-0.2, 0) is 11.2 Å². The molecule has 3 aromatic rings. The minimum absolute atomic E-state index is 0.152. The molecule has 116 valence electrons. The smallest absolute Gasteiger partial charge is 0.235 e. The summed E-state index contributed by atoms with van der Waals surface area (Å²) in [4.78, 5) is 12.7. The van der Waals surface area contributed by atoms with Crippen molar-refractivity contribution in [1.29, 1.82) is 0 Å². The molecule has 0 aliphatic heterocycles. The van der Waals surface area contributed by atoms with Crippen LogP contribution in [0.1, 0.15) is 22.9 Å². The first-order chi connectivity index (χ1) is 11.2. The normalized spacial score (nSPS) is 11.9. The molecule has 0 bridgehead atoms. The number of anilines is 1. The quantitative estimate of drug-likeness (QED) is 0.758. The number of hydrogen-bond donors (Lipinski definition) is 2. The zero-order valence-corrected chi connectivity index (χ0v) is 12.7. The van der Waals surface area contributed by atoms with Crippen LogP contribution in [0.15, 0.2) is 54.6 Å². The third-order valence-corrected chi connectivity index (χ3v) is 3.72. The molecule has 1 atom stereocenters. The number of nitrogens with zero attached hydrogens (tertiary/aromatic N) is 3. The van der Waals surface area contributed by atoms with Crippen molar-refractivity contribution in [1.82, 2.24) is 20.6 Å². The van der Waals surface area contributed by atoms with Crippen molar-refractivity contribution >= 4 is 11.6 Å². The number of carbonyl (C=O) groups excluding carboxylic acids is 1. The van der Waals surface area contributed by atoms with E-state index in [9.17, 15) is 4.79 Å². The summed E-state index contributed by atoms with van der Waals surface area (Å²) >= 11 is 0. The summed E-state index contributed by atoms with van der Waals surface area (Å²) in [6, 6.07) is 17.3. The average Bonchev–Trinajstić information content (AvgIpc) is 3.09. The third kappa shape index (κ3) is 3.60. The number of nitrogens with one attached hydrogen (secondary N) is 2. The van der Waals surface area contributed by atoms with Crippen LogP contribution in [0, 0.1) is 6.92 Å². The van der Waals surface area contributed by atoms with E-state index in [1.165, 1.54) is 0 Å². The van der Waals surface area contributed by atoms with Crippen LogP contribution in [0.2, 0.25) is 0 Å². The molecule has 6 heteroatoms. The zero-order valence-electron chi connectivity index (χ0n) is 12.7. The molecule has 1 aromatic heterocycles. The highest BCUT2D eigenvalue weighted by atomic mass is 16.1. The van der Waals surface area contributed by atoms with E-state index in [1.807, 2.05) is 61.5 Å². The van der Waals surface area contributed by atoms with Gasteiger partial charge < -0.3 is 5.32 Å². The number of tetrazole rings is 1. The number of aromatic nitrogens is 4. The van der Waals surface area contributed by atoms with Gasteiger partial charge in [-0.05, 0) is 36.6 Å². The van der Waals surface area contributed by atoms with E-state index in [4.69, 9.17) is 0 Å². The van der Waals surface area contributed by atoms with Gasteiger partial charge in [0.15, 0.2) is 5.82 Å². The first kappa shape index (κ1) is 14.9. The zero-order chi connectivity index (χ0) is 16.1. The fourth-order valence-corrected chi connectivity index (χ4v) is 2.43. The molecule has 2 N–H and O–H groups in total. The van der Waals surface area contributed by atoms with Gasteiger partial charge in [0, 0.05) is 5.69 Å². The standard InChI is InChI=1S/C17H17N5O/c1-12-7-5-6-8-13(12)11-15(16-19-21-22-20-16)17(23)18-14-9-3-2-4-10-14/h2-10,15H,11H2,1H3,(H,18,23)(H,19,20,21,22). The monoisotopic (exact) mass is 307 g/mol. The highest BCUT2D eigenvalue weighted by Crippen LogP contribution is 2.21. The van der Waals surface area contributed by atoms with Gasteiger partial charge >= 0.3 is 0 Å². The lowest BCUT2D eigenvalue weighted by Gasteiger charge is -2.15. The van der Waals surface area contributed by atoms with Crippen LogP contribution in [-0.4, -0.2) is 26.5 Å². The molecule has 1 heterocycles. The molecule has 0 aliphatic carbocycles. The van der Waals surface area contributed by atoms with Gasteiger partial charge in [-0.25, -0.2) is 0 Å². The topological polar surface area (TPSA) is 83.6 Å². The molecule has 0 radical (unpaired) electrons.